The van der Waals surface area contributed by atoms with Gasteiger partial charge < -0.3 is 0 Å². The van der Waals surface area contributed by atoms with E-state index < -0.39 is 0 Å². The van der Waals surface area contributed by atoms with E-state index in [1.54, 1.807) is 11.3 Å². The average Bonchev–Trinajstić information content (AvgIpc) is 2.58. The second-order valence-corrected chi connectivity index (χ2v) is 6.00. The molecule has 0 radical (unpaired) electrons. The summed E-state index contributed by atoms with van der Waals surface area (Å²) in [5.74, 6) is 0.653. The summed E-state index contributed by atoms with van der Waals surface area (Å²) < 4.78 is 0. The van der Waals surface area contributed by atoms with Gasteiger partial charge in [0.15, 0.2) is 0 Å². The molecule has 1 saturated heterocycles. The Balaban J connectivity index is 1.90. The molecule has 0 saturated carbocycles. The molecule has 2 rings (SSSR count). The molecule has 1 aromatic heterocycles. The van der Waals surface area contributed by atoms with Gasteiger partial charge in [-0.15, -0.1) is 22.9 Å². The molecule has 4 heteroatoms. The van der Waals surface area contributed by atoms with Crippen LogP contribution >= 0.6 is 22.9 Å². The van der Waals surface area contributed by atoms with E-state index in [-0.39, 0.29) is 0 Å². The van der Waals surface area contributed by atoms with Gasteiger partial charge in [0.2, 0.25) is 0 Å². The Kier molecular flexibility index (Phi) is 3.65. The topological polar surface area (TPSA) is 16.1 Å². The van der Waals surface area contributed by atoms with Gasteiger partial charge in [0.1, 0.15) is 0 Å². The van der Waals surface area contributed by atoms with Gasteiger partial charge >= 0.3 is 0 Å². The smallest absolute Gasteiger partial charge is 0.0897 e. The quantitative estimate of drug-likeness (QED) is 0.744. The first-order chi connectivity index (χ1) is 7.15. The fourth-order valence-corrected chi connectivity index (χ4v) is 2.86. The number of hydrogen-bond acceptors (Lipinski definition) is 3. The number of piperidine rings is 1. The summed E-state index contributed by atoms with van der Waals surface area (Å²) in [5, 5.41) is 3.60. The highest BCUT2D eigenvalue weighted by Gasteiger charge is 2.24. The van der Waals surface area contributed by atoms with Crippen molar-refractivity contribution in [2.45, 2.75) is 32.2 Å². The van der Waals surface area contributed by atoms with Crippen LogP contribution in [0.5, 0.6) is 0 Å². The van der Waals surface area contributed by atoms with Crippen molar-refractivity contribution in [3.8, 4) is 0 Å². The standard InChI is InChI=1S/C11H17ClN2S/c1-8-3-4-14(6-11(8)12)5-10-7-15-9(2)13-10/h7-8,11H,3-6H2,1-2H3. The summed E-state index contributed by atoms with van der Waals surface area (Å²) in [4.78, 5) is 6.89. The number of aromatic nitrogens is 1. The van der Waals surface area contributed by atoms with Gasteiger partial charge in [-0.1, -0.05) is 6.92 Å². The Morgan fingerprint density at radius 1 is 1.67 bits per heavy atom. The van der Waals surface area contributed by atoms with E-state index in [2.05, 4.69) is 29.1 Å². The highest BCUT2D eigenvalue weighted by atomic mass is 35.5. The van der Waals surface area contributed by atoms with Crippen molar-refractivity contribution < 1.29 is 0 Å². The summed E-state index contributed by atoms with van der Waals surface area (Å²) in [7, 11) is 0. The molecule has 1 aliphatic rings. The number of thiazole rings is 1. The molecule has 0 N–H and O–H groups in total. The molecule has 1 aliphatic heterocycles. The molecule has 0 aromatic carbocycles. The van der Waals surface area contributed by atoms with Crippen molar-refractivity contribution in [2.75, 3.05) is 13.1 Å². The molecule has 0 amide bonds. The van der Waals surface area contributed by atoms with E-state index in [1.807, 2.05) is 0 Å². The maximum Gasteiger partial charge on any atom is 0.0897 e. The Labute approximate surface area is 100 Å². The predicted molar refractivity (Wildman–Crippen MR) is 65.6 cm³/mol. The van der Waals surface area contributed by atoms with Crippen LogP contribution in [0.3, 0.4) is 0 Å². The number of alkyl halides is 1. The van der Waals surface area contributed by atoms with Gasteiger partial charge in [-0.25, -0.2) is 4.98 Å². The number of nitrogens with zero attached hydrogens (tertiary/aromatic N) is 2. The number of hydrogen-bond donors (Lipinski definition) is 0. The Morgan fingerprint density at radius 3 is 3.07 bits per heavy atom. The van der Waals surface area contributed by atoms with Crippen LogP contribution in [0.2, 0.25) is 0 Å². The van der Waals surface area contributed by atoms with Crippen LogP contribution in [0.4, 0.5) is 0 Å². The highest BCUT2D eigenvalue weighted by Crippen LogP contribution is 2.23. The lowest BCUT2D eigenvalue weighted by molar-refractivity contribution is 0.188. The summed E-state index contributed by atoms with van der Waals surface area (Å²) in [6.45, 7) is 7.40. The fourth-order valence-electron chi connectivity index (χ4n) is 1.94. The van der Waals surface area contributed by atoms with Crippen molar-refractivity contribution in [2.24, 2.45) is 5.92 Å². The summed E-state index contributed by atoms with van der Waals surface area (Å²) >= 11 is 8.00. The zero-order valence-corrected chi connectivity index (χ0v) is 10.8. The fraction of sp³-hybridized carbons (Fsp3) is 0.727. The molecule has 1 aromatic rings. The van der Waals surface area contributed by atoms with Crippen molar-refractivity contribution >= 4 is 22.9 Å². The molecular formula is C11H17ClN2S. The zero-order valence-electron chi connectivity index (χ0n) is 9.24. The lowest BCUT2D eigenvalue weighted by atomic mass is 9.98. The van der Waals surface area contributed by atoms with Crippen molar-refractivity contribution in [3.63, 3.8) is 0 Å². The molecule has 15 heavy (non-hydrogen) atoms. The summed E-state index contributed by atoms with van der Waals surface area (Å²) in [6.07, 6.45) is 1.21. The van der Waals surface area contributed by atoms with Gasteiger partial charge in [-0.2, -0.15) is 0 Å². The normalized spacial score (nSPS) is 28.2. The maximum absolute atomic E-state index is 6.27. The molecule has 0 spiro atoms. The van der Waals surface area contributed by atoms with Crippen LogP contribution in [0.1, 0.15) is 24.0 Å². The first-order valence-electron chi connectivity index (χ1n) is 5.42. The van der Waals surface area contributed by atoms with Crippen molar-refractivity contribution in [1.82, 2.24) is 9.88 Å². The number of aryl methyl sites for hydroxylation is 1. The van der Waals surface area contributed by atoms with E-state index in [4.69, 9.17) is 11.6 Å². The summed E-state index contributed by atoms with van der Waals surface area (Å²) in [6, 6.07) is 0. The van der Waals surface area contributed by atoms with E-state index in [0.29, 0.717) is 11.3 Å². The minimum atomic E-state index is 0.304. The maximum atomic E-state index is 6.27. The van der Waals surface area contributed by atoms with Crippen LogP contribution in [0.25, 0.3) is 0 Å². The summed E-state index contributed by atoms with van der Waals surface area (Å²) in [5.41, 5.74) is 1.19. The lowest BCUT2D eigenvalue weighted by Crippen LogP contribution is -2.39. The van der Waals surface area contributed by atoms with Gasteiger partial charge in [-0.3, -0.25) is 4.90 Å². The largest absolute Gasteiger partial charge is 0.296 e. The van der Waals surface area contributed by atoms with Crippen LogP contribution in [-0.2, 0) is 6.54 Å². The average molecular weight is 245 g/mol. The van der Waals surface area contributed by atoms with Crippen LogP contribution in [0, 0.1) is 12.8 Å². The Hall–Kier alpha value is -0.120. The van der Waals surface area contributed by atoms with E-state index in [0.717, 1.165) is 24.6 Å². The first kappa shape index (κ1) is 11.4. The van der Waals surface area contributed by atoms with Crippen LogP contribution in [-0.4, -0.2) is 28.4 Å². The molecule has 2 atom stereocenters. The molecule has 1 fully saturated rings. The number of halogens is 1. The van der Waals surface area contributed by atoms with Gasteiger partial charge in [0.25, 0.3) is 0 Å². The molecule has 2 nitrogen and oxygen atoms in total. The van der Waals surface area contributed by atoms with Gasteiger partial charge in [-0.05, 0) is 25.8 Å². The third-order valence-corrected chi connectivity index (χ3v) is 4.39. The van der Waals surface area contributed by atoms with E-state index >= 15 is 0 Å². The SMILES string of the molecule is Cc1nc(CN2CCC(C)C(Cl)C2)cs1. The monoisotopic (exact) mass is 244 g/mol. The molecule has 0 bridgehead atoms. The molecule has 84 valence electrons. The second kappa shape index (κ2) is 4.81. The van der Waals surface area contributed by atoms with Crippen molar-refractivity contribution in [1.29, 1.82) is 0 Å². The lowest BCUT2D eigenvalue weighted by Gasteiger charge is -2.33. The first-order valence-corrected chi connectivity index (χ1v) is 6.74. The third kappa shape index (κ3) is 2.92. The highest BCUT2D eigenvalue weighted by molar-refractivity contribution is 7.09. The predicted octanol–water partition coefficient (Wildman–Crippen LogP) is 2.90. The minimum Gasteiger partial charge on any atom is -0.296 e. The third-order valence-electron chi connectivity index (χ3n) is 3.00. The van der Waals surface area contributed by atoms with Gasteiger partial charge in [0.05, 0.1) is 10.7 Å². The van der Waals surface area contributed by atoms with Gasteiger partial charge in [0, 0.05) is 23.8 Å². The van der Waals surface area contributed by atoms with Crippen LogP contribution < -0.4 is 0 Å². The van der Waals surface area contributed by atoms with Crippen LogP contribution in [0.15, 0.2) is 5.38 Å². The van der Waals surface area contributed by atoms with Crippen molar-refractivity contribution in [3.05, 3.63) is 16.1 Å². The Morgan fingerprint density at radius 2 is 2.47 bits per heavy atom. The van der Waals surface area contributed by atoms with E-state index in [9.17, 15) is 0 Å². The molecular weight excluding hydrogens is 228 g/mol. The zero-order chi connectivity index (χ0) is 10.8. The van der Waals surface area contributed by atoms with E-state index in [1.165, 1.54) is 12.1 Å². The molecule has 2 heterocycles. The Bertz CT molecular complexity index is 326. The molecule has 2 unspecified atom stereocenters. The minimum absolute atomic E-state index is 0.304. The number of rotatable bonds is 2. The number of likely N-dealkylation sites (tertiary alicyclic amines) is 1. The molecule has 0 aliphatic carbocycles. The second-order valence-electron chi connectivity index (χ2n) is 4.37.